The molecule has 1 atom stereocenters. The molecule has 1 aliphatic rings. The highest BCUT2D eigenvalue weighted by Gasteiger charge is 2.29. The van der Waals surface area contributed by atoms with E-state index in [2.05, 4.69) is 22.2 Å². The number of nitrogens with zero attached hydrogens (tertiary/aromatic N) is 2. The fraction of sp³-hybridized carbons (Fsp3) is 0.600. The first-order chi connectivity index (χ1) is 7.18. The van der Waals surface area contributed by atoms with Crippen molar-refractivity contribution < 1.29 is 4.74 Å². The Morgan fingerprint density at radius 1 is 1.60 bits per heavy atom. The number of halogens is 1. The zero-order chi connectivity index (χ0) is 10.7. The average molecular weight is 228 g/mol. The molecular formula is C10H14ClN3O. The largest absolute Gasteiger partial charge is 0.373 e. The highest BCUT2D eigenvalue weighted by atomic mass is 35.5. The van der Waals surface area contributed by atoms with Gasteiger partial charge < -0.3 is 10.1 Å². The van der Waals surface area contributed by atoms with Crippen molar-refractivity contribution in [2.24, 2.45) is 0 Å². The molecule has 0 spiro atoms. The second-order valence-corrected chi connectivity index (χ2v) is 4.37. The molecule has 1 aliphatic heterocycles. The summed E-state index contributed by atoms with van der Waals surface area (Å²) in [6.45, 7) is 3.69. The third kappa shape index (κ3) is 2.79. The molecule has 1 aromatic rings. The Balaban J connectivity index is 1.92. The molecule has 1 N–H and O–H groups in total. The van der Waals surface area contributed by atoms with Crippen LogP contribution in [0.3, 0.4) is 0 Å². The molecule has 0 aromatic carbocycles. The Labute approximate surface area is 94.0 Å². The fourth-order valence-corrected chi connectivity index (χ4v) is 1.83. The molecule has 0 saturated carbocycles. The summed E-state index contributed by atoms with van der Waals surface area (Å²) < 4.78 is 5.65. The van der Waals surface area contributed by atoms with Crippen molar-refractivity contribution in [2.45, 2.75) is 25.4 Å². The summed E-state index contributed by atoms with van der Waals surface area (Å²) in [5.41, 5.74) is -0.0794. The van der Waals surface area contributed by atoms with Gasteiger partial charge in [0.1, 0.15) is 11.0 Å². The van der Waals surface area contributed by atoms with Gasteiger partial charge in [-0.15, -0.1) is 0 Å². The van der Waals surface area contributed by atoms with Crippen LogP contribution in [0.4, 0.5) is 5.82 Å². The smallest absolute Gasteiger partial charge is 0.149 e. The minimum Gasteiger partial charge on any atom is -0.373 e. The lowest BCUT2D eigenvalue weighted by atomic mass is 10.0. The lowest BCUT2D eigenvalue weighted by Gasteiger charge is -2.23. The lowest BCUT2D eigenvalue weighted by Crippen LogP contribution is -2.32. The number of hydrogen-bond acceptors (Lipinski definition) is 4. The van der Waals surface area contributed by atoms with E-state index in [0.29, 0.717) is 11.0 Å². The predicted molar refractivity (Wildman–Crippen MR) is 59.1 cm³/mol. The fourth-order valence-electron chi connectivity index (χ4n) is 1.68. The molecule has 0 amide bonds. The number of ether oxygens (including phenoxy) is 1. The Kier molecular flexibility index (Phi) is 3.07. The summed E-state index contributed by atoms with van der Waals surface area (Å²) in [5.74, 6) is 0.694. The minimum atomic E-state index is -0.0794. The Morgan fingerprint density at radius 2 is 2.47 bits per heavy atom. The molecule has 1 unspecified atom stereocenters. The van der Waals surface area contributed by atoms with Crippen LogP contribution in [0.2, 0.25) is 5.15 Å². The van der Waals surface area contributed by atoms with E-state index in [4.69, 9.17) is 16.3 Å². The molecule has 1 saturated heterocycles. The second kappa shape index (κ2) is 4.33. The van der Waals surface area contributed by atoms with Gasteiger partial charge >= 0.3 is 0 Å². The Hall–Kier alpha value is -0.870. The van der Waals surface area contributed by atoms with Crippen molar-refractivity contribution in [3.63, 3.8) is 0 Å². The van der Waals surface area contributed by atoms with Gasteiger partial charge in [0.15, 0.2) is 0 Å². The SMILES string of the molecule is CC1(CNc2cncc(Cl)n2)CCCO1. The van der Waals surface area contributed by atoms with Gasteiger partial charge in [-0.1, -0.05) is 11.6 Å². The molecular weight excluding hydrogens is 214 g/mol. The average Bonchev–Trinajstić information content (AvgIpc) is 2.63. The van der Waals surface area contributed by atoms with Gasteiger partial charge in [-0.2, -0.15) is 0 Å². The Bertz CT molecular complexity index is 339. The van der Waals surface area contributed by atoms with E-state index in [9.17, 15) is 0 Å². The summed E-state index contributed by atoms with van der Waals surface area (Å²) in [7, 11) is 0. The first-order valence-electron chi connectivity index (χ1n) is 5.03. The van der Waals surface area contributed by atoms with Crippen molar-refractivity contribution in [3.8, 4) is 0 Å². The standard InChI is InChI=1S/C10H14ClN3O/c1-10(3-2-4-15-10)7-13-9-6-12-5-8(11)14-9/h5-6H,2-4,7H2,1H3,(H,13,14). The second-order valence-electron chi connectivity index (χ2n) is 3.98. The predicted octanol–water partition coefficient (Wildman–Crippen LogP) is 2.11. The number of aromatic nitrogens is 2. The van der Waals surface area contributed by atoms with Gasteiger partial charge in [-0.3, -0.25) is 4.98 Å². The summed E-state index contributed by atoms with van der Waals surface area (Å²) in [6, 6.07) is 0. The van der Waals surface area contributed by atoms with Crippen molar-refractivity contribution in [3.05, 3.63) is 17.5 Å². The van der Waals surface area contributed by atoms with E-state index in [-0.39, 0.29) is 5.60 Å². The van der Waals surface area contributed by atoms with Crippen molar-refractivity contribution in [2.75, 3.05) is 18.5 Å². The molecule has 15 heavy (non-hydrogen) atoms. The van der Waals surface area contributed by atoms with E-state index in [1.54, 1.807) is 6.20 Å². The molecule has 4 nitrogen and oxygen atoms in total. The maximum Gasteiger partial charge on any atom is 0.149 e. The number of rotatable bonds is 3. The van der Waals surface area contributed by atoms with Crippen LogP contribution >= 0.6 is 11.6 Å². The third-order valence-corrected chi connectivity index (χ3v) is 2.73. The normalized spacial score (nSPS) is 25.5. The van der Waals surface area contributed by atoms with Crippen LogP contribution in [0, 0.1) is 0 Å². The molecule has 0 radical (unpaired) electrons. The summed E-state index contributed by atoms with van der Waals surface area (Å²) >= 11 is 5.73. The van der Waals surface area contributed by atoms with Gasteiger partial charge in [0.2, 0.25) is 0 Å². The van der Waals surface area contributed by atoms with Crippen LogP contribution in [-0.4, -0.2) is 28.7 Å². The van der Waals surface area contributed by atoms with Crippen LogP contribution in [-0.2, 0) is 4.74 Å². The summed E-state index contributed by atoms with van der Waals surface area (Å²) in [6.07, 6.45) is 5.37. The van der Waals surface area contributed by atoms with Gasteiger partial charge in [-0.05, 0) is 19.8 Å². The maximum absolute atomic E-state index is 5.73. The molecule has 2 rings (SSSR count). The first kappa shape index (κ1) is 10.6. The first-order valence-corrected chi connectivity index (χ1v) is 5.41. The summed E-state index contributed by atoms with van der Waals surface area (Å²) in [5, 5.41) is 3.59. The zero-order valence-electron chi connectivity index (χ0n) is 8.66. The van der Waals surface area contributed by atoms with E-state index >= 15 is 0 Å². The van der Waals surface area contributed by atoms with Crippen LogP contribution < -0.4 is 5.32 Å². The number of anilines is 1. The molecule has 1 fully saturated rings. The van der Waals surface area contributed by atoms with Crippen molar-refractivity contribution >= 4 is 17.4 Å². The number of hydrogen-bond donors (Lipinski definition) is 1. The van der Waals surface area contributed by atoms with Crippen LogP contribution in [0.25, 0.3) is 0 Å². The highest BCUT2D eigenvalue weighted by Crippen LogP contribution is 2.25. The monoisotopic (exact) mass is 227 g/mol. The maximum atomic E-state index is 5.73. The molecule has 2 heterocycles. The van der Waals surface area contributed by atoms with Crippen LogP contribution in [0.5, 0.6) is 0 Å². The van der Waals surface area contributed by atoms with E-state index in [1.807, 2.05) is 0 Å². The molecule has 5 heteroatoms. The quantitative estimate of drug-likeness (QED) is 0.859. The van der Waals surface area contributed by atoms with Gasteiger partial charge in [0, 0.05) is 13.2 Å². The molecule has 82 valence electrons. The van der Waals surface area contributed by atoms with Gasteiger partial charge in [-0.25, -0.2) is 4.98 Å². The summed E-state index contributed by atoms with van der Waals surface area (Å²) in [4.78, 5) is 8.06. The highest BCUT2D eigenvalue weighted by molar-refractivity contribution is 6.29. The Morgan fingerprint density at radius 3 is 3.13 bits per heavy atom. The zero-order valence-corrected chi connectivity index (χ0v) is 9.42. The van der Waals surface area contributed by atoms with E-state index in [1.165, 1.54) is 6.20 Å². The third-order valence-electron chi connectivity index (χ3n) is 2.55. The van der Waals surface area contributed by atoms with Crippen molar-refractivity contribution in [1.82, 2.24) is 9.97 Å². The van der Waals surface area contributed by atoms with E-state index in [0.717, 1.165) is 26.0 Å². The van der Waals surface area contributed by atoms with Gasteiger partial charge in [0.25, 0.3) is 0 Å². The minimum absolute atomic E-state index is 0.0794. The van der Waals surface area contributed by atoms with Gasteiger partial charge in [0.05, 0.1) is 18.0 Å². The molecule has 0 bridgehead atoms. The van der Waals surface area contributed by atoms with E-state index < -0.39 is 0 Å². The number of nitrogens with one attached hydrogen (secondary N) is 1. The molecule has 1 aromatic heterocycles. The molecule has 0 aliphatic carbocycles. The topological polar surface area (TPSA) is 47.0 Å². The lowest BCUT2D eigenvalue weighted by molar-refractivity contribution is 0.0314. The van der Waals surface area contributed by atoms with Crippen molar-refractivity contribution in [1.29, 1.82) is 0 Å². The van der Waals surface area contributed by atoms with Crippen LogP contribution in [0.15, 0.2) is 12.4 Å². The van der Waals surface area contributed by atoms with Crippen LogP contribution in [0.1, 0.15) is 19.8 Å².